The molecule has 0 unspecified atom stereocenters. The van der Waals surface area contributed by atoms with Crippen molar-refractivity contribution in [3.8, 4) is 5.75 Å². The summed E-state index contributed by atoms with van der Waals surface area (Å²) in [7, 11) is 1.60. The van der Waals surface area contributed by atoms with Crippen LogP contribution in [0, 0.1) is 12.8 Å². The number of benzene rings is 2. The molecule has 1 aliphatic carbocycles. The fourth-order valence-electron chi connectivity index (χ4n) is 4.47. The lowest BCUT2D eigenvalue weighted by atomic mass is 9.64. The summed E-state index contributed by atoms with van der Waals surface area (Å²) in [4.78, 5) is 25.5. The van der Waals surface area contributed by atoms with Crippen LogP contribution in [0.4, 0.5) is 5.69 Å². The molecular weight excluding hydrogens is 378 g/mol. The molecule has 5 heteroatoms. The van der Waals surface area contributed by atoms with Crippen LogP contribution in [0.2, 0.25) is 0 Å². The minimum atomic E-state index is -1.30. The van der Waals surface area contributed by atoms with Gasteiger partial charge in [-0.05, 0) is 57.5 Å². The zero-order valence-electron chi connectivity index (χ0n) is 18.2. The molecule has 0 aromatic heterocycles. The number of aliphatic hydroxyl groups is 1. The first-order valence-electron chi connectivity index (χ1n) is 10.1. The van der Waals surface area contributed by atoms with Crippen molar-refractivity contribution >= 4 is 17.3 Å². The van der Waals surface area contributed by atoms with Gasteiger partial charge in [-0.3, -0.25) is 9.59 Å². The SMILES string of the molecule is COc1ccc(NC2=C(C(C)=O)[C@H](c3ccc(C)cc3)[C@H](C(C)=O)[C@](C)(O)C2)cc1. The number of rotatable bonds is 6. The minimum absolute atomic E-state index is 0.113. The predicted molar refractivity (Wildman–Crippen MR) is 118 cm³/mol. The Bertz CT molecular complexity index is 971. The highest BCUT2D eigenvalue weighted by molar-refractivity contribution is 5.98. The molecule has 158 valence electrons. The lowest BCUT2D eigenvalue weighted by Crippen LogP contribution is -2.48. The van der Waals surface area contributed by atoms with Gasteiger partial charge < -0.3 is 15.2 Å². The van der Waals surface area contributed by atoms with Gasteiger partial charge in [0.15, 0.2) is 5.78 Å². The number of aryl methyl sites for hydroxylation is 1. The highest BCUT2D eigenvalue weighted by Gasteiger charge is 2.49. The van der Waals surface area contributed by atoms with Gasteiger partial charge in [0.05, 0.1) is 18.6 Å². The average molecular weight is 408 g/mol. The van der Waals surface area contributed by atoms with E-state index >= 15 is 0 Å². The van der Waals surface area contributed by atoms with Crippen LogP contribution in [0.15, 0.2) is 59.8 Å². The number of methoxy groups -OCH3 is 1. The lowest BCUT2D eigenvalue weighted by Gasteiger charge is -2.43. The zero-order chi connectivity index (χ0) is 22.1. The smallest absolute Gasteiger partial charge is 0.158 e. The van der Waals surface area contributed by atoms with Crippen molar-refractivity contribution in [3.05, 3.63) is 70.9 Å². The molecular formula is C25H29NO4. The number of hydrogen-bond donors (Lipinski definition) is 2. The molecule has 3 rings (SSSR count). The number of ketones is 2. The Morgan fingerprint density at radius 3 is 2.17 bits per heavy atom. The predicted octanol–water partition coefficient (Wildman–Crippen LogP) is 4.40. The summed E-state index contributed by atoms with van der Waals surface area (Å²) in [5.41, 5.74) is 2.60. The molecule has 5 nitrogen and oxygen atoms in total. The van der Waals surface area contributed by atoms with E-state index in [1.807, 2.05) is 55.5 Å². The molecule has 2 N–H and O–H groups in total. The Morgan fingerprint density at radius 2 is 1.67 bits per heavy atom. The van der Waals surface area contributed by atoms with Crippen LogP contribution in [0.3, 0.4) is 0 Å². The van der Waals surface area contributed by atoms with E-state index < -0.39 is 17.4 Å². The maximum atomic E-state index is 12.8. The molecule has 2 aromatic rings. The number of carbonyl (C=O) groups is 2. The quantitative estimate of drug-likeness (QED) is 0.742. The molecule has 0 fully saturated rings. The van der Waals surface area contributed by atoms with Gasteiger partial charge in [0.25, 0.3) is 0 Å². The van der Waals surface area contributed by atoms with E-state index in [1.165, 1.54) is 13.8 Å². The number of anilines is 1. The highest BCUT2D eigenvalue weighted by atomic mass is 16.5. The van der Waals surface area contributed by atoms with E-state index in [2.05, 4.69) is 5.32 Å². The third kappa shape index (κ3) is 4.31. The Hall–Kier alpha value is -2.92. The Kier molecular flexibility index (Phi) is 6.13. The first kappa shape index (κ1) is 21.8. The van der Waals surface area contributed by atoms with Crippen LogP contribution in [0.5, 0.6) is 5.75 Å². The molecule has 0 saturated heterocycles. The van der Waals surface area contributed by atoms with E-state index in [0.717, 1.165) is 22.6 Å². The van der Waals surface area contributed by atoms with Gasteiger partial charge in [0.1, 0.15) is 11.5 Å². The lowest BCUT2D eigenvalue weighted by molar-refractivity contribution is -0.131. The van der Waals surface area contributed by atoms with Gasteiger partial charge in [-0.25, -0.2) is 0 Å². The molecule has 30 heavy (non-hydrogen) atoms. The van der Waals surface area contributed by atoms with E-state index in [0.29, 0.717) is 11.3 Å². The van der Waals surface area contributed by atoms with Crippen molar-refractivity contribution in [1.82, 2.24) is 0 Å². The van der Waals surface area contributed by atoms with Crippen LogP contribution < -0.4 is 10.1 Å². The van der Waals surface area contributed by atoms with Crippen LogP contribution in [-0.4, -0.2) is 29.4 Å². The topological polar surface area (TPSA) is 75.6 Å². The molecule has 2 aromatic carbocycles. The number of hydrogen-bond acceptors (Lipinski definition) is 5. The van der Waals surface area contributed by atoms with Gasteiger partial charge >= 0.3 is 0 Å². The summed E-state index contributed by atoms with van der Waals surface area (Å²) >= 11 is 0. The molecule has 1 aliphatic rings. The van der Waals surface area contributed by atoms with Crippen molar-refractivity contribution in [2.45, 2.75) is 45.6 Å². The number of nitrogens with one attached hydrogen (secondary N) is 1. The standard InChI is InChI=1S/C25H29NO4/c1-15-6-8-18(9-7-15)23-22(16(2)27)21(14-25(4,29)24(23)17(3)28)26-19-10-12-20(30-5)13-11-19/h6-13,23-24,26,29H,14H2,1-5H3/t23-,24-,25+/m0/s1. The normalized spacial score (nSPS) is 23.8. The molecule has 0 aliphatic heterocycles. The van der Waals surface area contributed by atoms with E-state index in [-0.39, 0.29) is 18.0 Å². The summed E-state index contributed by atoms with van der Waals surface area (Å²) in [5, 5.41) is 14.6. The summed E-state index contributed by atoms with van der Waals surface area (Å²) in [6.07, 6.45) is 0.181. The second-order valence-corrected chi connectivity index (χ2v) is 8.31. The van der Waals surface area contributed by atoms with E-state index in [9.17, 15) is 14.7 Å². The van der Waals surface area contributed by atoms with E-state index in [4.69, 9.17) is 4.74 Å². The van der Waals surface area contributed by atoms with Gasteiger partial charge in [-0.15, -0.1) is 0 Å². The maximum Gasteiger partial charge on any atom is 0.158 e. The first-order chi connectivity index (χ1) is 14.1. The Morgan fingerprint density at radius 1 is 1.07 bits per heavy atom. The van der Waals surface area contributed by atoms with Gasteiger partial charge in [0.2, 0.25) is 0 Å². The zero-order valence-corrected chi connectivity index (χ0v) is 18.2. The summed E-state index contributed by atoms with van der Waals surface area (Å²) in [5.74, 6) is -0.747. The number of carbonyl (C=O) groups excluding carboxylic acids is 2. The molecule has 0 bridgehead atoms. The summed E-state index contributed by atoms with van der Waals surface area (Å²) in [6, 6.07) is 15.2. The number of Topliss-reactive ketones (excluding diaryl/α,β-unsaturated/α-hetero) is 2. The van der Waals surface area contributed by atoms with Crippen molar-refractivity contribution in [2.75, 3.05) is 12.4 Å². The molecule has 0 radical (unpaired) electrons. The average Bonchev–Trinajstić information content (AvgIpc) is 2.67. The monoisotopic (exact) mass is 407 g/mol. The fraction of sp³-hybridized carbons (Fsp3) is 0.360. The Balaban J connectivity index is 2.16. The van der Waals surface area contributed by atoms with Crippen LogP contribution in [0.1, 0.15) is 44.2 Å². The number of allylic oxidation sites excluding steroid dienone is 1. The van der Waals surface area contributed by atoms with Crippen LogP contribution in [0.25, 0.3) is 0 Å². The Labute approximate surface area is 177 Å². The summed E-state index contributed by atoms with van der Waals surface area (Å²) in [6.45, 7) is 6.66. The minimum Gasteiger partial charge on any atom is -0.497 e. The molecule has 0 heterocycles. The molecule has 3 atom stereocenters. The van der Waals surface area contributed by atoms with Gasteiger partial charge in [0, 0.05) is 29.3 Å². The van der Waals surface area contributed by atoms with Crippen molar-refractivity contribution in [2.24, 2.45) is 5.92 Å². The molecule has 0 spiro atoms. The van der Waals surface area contributed by atoms with Crippen LogP contribution >= 0.6 is 0 Å². The third-order valence-electron chi connectivity index (χ3n) is 5.81. The van der Waals surface area contributed by atoms with Crippen LogP contribution in [-0.2, 0) is 9.59 Å². The molecule has 0 saturated carbocycles. The number of ether oxygens (including phenoxy) is 1. The first-order valence-corrected chi connectivity index (χ1v) is 10.1. The maximum absolute atomic E-state index is 12.8. The summed E-state index contributed by atoms with van der Waals surface area (Å²) < 4.78 is 5.21. The fourth-order valence-corrected chi connectivity index (χ4v) is 4.47. The second-order valence-electron chi connectivity index (χ2n) is 8.31. The second kappa shape index (κ2) is 8.44. The van der Waals surface area contributed by atoms with Crippen molar-refractivity contribution in [3.63, 3.8) is 0 Å². The van der Waals surface area contributed by atoms with E-state index in [1.54, 1.807) is 14.0 Å². The van der Waals surface area contributed by atoms with Gasteiger partial charge in [-0.1, -0.05) is 29.8 Å². The van der Waals surface area contributed by atoms with Crippen molar-refractivity contribution < 1.29 is 19.4 Å². The highest BCUT2D eigenvalue weighted by Crippen LogP contribution is 2.47. The molecule has 0 amide bonds. The van der Waals surface area contributed by atoms with Gasteiger partial charge in [-0.2, -0.15) is 0 Å². The largest absolute Gasteiger partial charge is 0.497 e. The van der Waals surface area contributed by atoms with Crippen molar-refractivity contribution in [1.29, 1.82) is 0 Å². The third-order valence-corrected chi connectivity index (χ3v) is 5.81.